The molecule has 0 aliphatic rings. The minimum absolute atomic E-state index is 0.0258. The quantitative estimate of drug-likeness (QED) is 0.266. The first-order valence-electron chi connectivity index (χ1n) is 10.8. The van der Waals surface area contributed by atoms with Crippen LogP contribution >= 0.6 is 23.1 Å². The molecule has 0 saturated carbocycles. The summed E-state index contributed by atoms with van der Waals surface area (Å²) in [6, 6.07) is 7.34. The number of aromatic nitrogens is 4. The lowest BCUT2D eigenvalue weighted by Gasteiger charge is -2.10. The highest BCUT2D eigenvalue weighted by molar-refractivity contribution is 7.99. The maximum atomic E-state index is 12.7. The lowest BCUT2D eigenvalue weighted by molar-refractivity contribution is -0.113. The Bertz CT molecular complexity index is 1620. The first-order valence-corrected chi connectivity index (χ1v) is 14.1. The van der Waals surface area contributed by atoms with Gasteiger partial charge in [0.15, 0.2) is 5.16 Å². The number of anilines is 2. The minimum Gasteiger partial charge on any atom is -0.325 e. The summed E-state index contributed by atoms with van der Waals surface area (Å²) < 4.78 is 29.3. The minimum atomic E-state index is -3.86. The van der Waals surface area contributed by atoms with Gasteiger partial charge in [-0.15, -0.1) is 11.3 Å². The van der Waals surface area contributed by atoms with E-state index in [9.17, 15) is 18.0 Å². The van der Waals surface area contributed by atoms with Crippen LogP contribution in [0.5, 0.6) is 0 Å². The van der Waals surface area contributed by atoms with Gasteiger partial charge < -0.3 is 5.32 Å². The molecule has 1 aromatic carbocycles. The molecule has 2 N–H and O–H groups in total. The number of benzene rings is 1. The topological polar surface area (TPSA) is 136 Å². The molecule has 3 aromatic heterocycles. The van der Waals surface area contributed by atoms with Gasteiger partial charge in [0.25, 0.3) is 15.6 Å². The summed E-state index contributed by atoms with van der Waals surface area (Å²) in [7, 11) is -2.23. The van der Waals surface area contributed by atoms with Crippen LogP contribution in [0.4, 0.5) is 11.5 Å². The smallest absolute Gasteiger partial charge is 0.263 e. The van der Waals surface area contributed by atoms with Crippen LogP contribution in [0.1, 0.15) is 22.0 Å². The van der Waals surface area contributed by atoms with Crippen molar-refractivity contribution in [3.05, 3.63) is 62.6 Å². The molecule has 188 valence electrons. The number of nitrogens with one attached hydrogen (secondary N) is 2. The van der Waals surface area contributed by atoms with Crippen LogP contribution in [0.2, 0.25) is 0 Å². The van der Waals surface area contributed by atoms with Crippen molar-refractivity contribution in [3.63, 3.8) is 0 Å². The van der Waals surface area contributed by atoms with Crippen molar-refractivity contribution < 1.29 is 13.2 Å². The molecule has 0 aliphatic heterocycles. The number of nitrogens with zero attached hydrogens (tertiary/aromatic N) is 4. The number of sulfonamides is 1. The Morgan fingerprint density at radius 2 is 1.78 bits per heavy atom. The summed E-state index contributed by atoms with van der Waals surface area (Å²) >= 11 is 2.62. The van der Waals surface area contributed by atoms with Gasteiger partial charge in [0.05, 0.1) is 16.0 Å². The molecule has 0 spiro atoms. The number of thiophene rings is 1. The molecule has 10 nitrogen and oxygen atoms in total. The number of fused-ring (bicyclic) bond motifs is 1. The van der Waals surface area contributed by atoms with E-state index in [1.165, 1.54) is 40.2 Å². The van der Waals surface area contributed by atoms with Crippen LogP contribution in [0.3, 0.4) is 0 Å². The van der Waals surface area contributed by atoms with Gasteiger partial charge in [-0.2, -0.15) is 0 Å². The average Bonchev–Trinajstić information content (AvgIpc) is 3.08. The molecule has 4 aromatic rings. The van der Waals surface area contributed by atoms with E-state index in [2.05, 4.69) is 25.0 Å². The highest BCUT2D eigenvalue weighted by atomic mass is 32.2. The molecule has 0 aliphatic carbocycles. The van der Waals surface area contributed by atoms with Gasteiger partial charge in [0.1, 0.15) is 16.5 Å². The van der Waals surface area contributed by atoms with E-state index in [1.807, 2.05) is 13.8 Å². The van der Waals surface area contributed by atoms with Gasteiger partial charge in [-0.05, 0) is 57.5 Å². The fourth-order valence-electron chi connectivity index (χ4n) is 3.50. The average molecular weight is 545 g/mol. The van der Waals surface area contributed by atoms with Crippen LogP contribution in [0.15, 0.2) is 45.2 Å². The highest BCUT2D eigenvalue weighted by Gasteiger charge is 2.17. The zero-order valence-corrected chi connectivity index (χ0v) is 22.7. The Hall–Kier alpha value is -3.29. The molecule has 0 unspecified atom stereocenters. The molecule has 0 saturated heterocycles. The van der Waals surface area contributed by atoms with E-state index < -0.39 is 10.0 Å². The Morgan fingerprint density at radius 3 is 2.44 bits per heavy atom. The zero-order chi connectivity index (χ0) is 26.2. The monoisotopic (exact) mass is 544 g/mol. The number of thioether (sulfide) groups is 1. The van der Waals surface area contributed by atoms with Crippen LogP contribution in [-0.2, 0) is 21.9 Å². The van der Waals surface area contributed by atoms with Gasteiger partial charge in [0.2, 0.25) is 5.91 Å². The summed E-state index contributed by atoms with van der Waals surface area (Å²) in [5, 5.41) is 3.80. The van der Waals surface area contributed by atoms with E-state index in [4.69, 9.17) is 0 Å². The Morgan fingerprint density at radius 1 is 1.08 bits per heavy atom. The van der Waals surface area contributed by atoms with Crippen LogP contribution in [0.25, 0.3) is 10.2 Å². The Labute approximate surface area is 216 Å². The summed E-state index contributed by atoms with van der Waals surface area (Å²) in [5.41, 5.74) is 1.88. The van der Waals surface area contributed by atoms with E-state index in [0.29, 0.717) is 32.6 Å². The van der Waals surface area contributed by atoms with E-state index in [0.717, 1.165) is 22.2 Å². The third-order valence-electron chi connectivity index (χ3n) is 5.36. The van der Waals surface area contributed by atoms with Crippen molar-refractivity contribution in [1.82, 2.24) is 19.5 Å². The maximum absolute atomic E-state index is 12.7. The van der Waals surface area contributed by atoms with Crippen molar-refractivity contribution in [2.24, 2.45) is 7.05 Å². The zero-order valence-electron chi connectivity index (χ0n) is 20.2. The summed E-state index contributed by atoms with van der Waals surface area (Å²) in [6.45, 7) is 7.28. The SMILES string of the molecule is Cc1cc(NS(=O)(=O)c2ccc(NC(=O)CSc3nc4sc(C)c(C)c4c(=O)n3C)cc2)nc(C)n1. The molecule has 0 radical (unpaired) electrons. The molecule has 4 rings (SSSR count). The third kappa shape index (κ3) is 5.42. The predicted molar refractivity (Wildman–Crippen MR) is 142 cm³/mol. The summed E-state index contributed by atoms with van der Waals surface area (Å²) in [6.07, 6.45) is 0. The van der Waals surface area contributed by atoms with Gasteiger partial charge in [-0.25, -0.2) is 23.4 Å². The number of amides is 1. The lowest BCUT2D eigenvalue weighted by Crippen LogP contribution is -2.21. The van der Waals surface area contributed by atoms with Gasteiger partial charge >= 0.3 is 0 Å². The molecule has 0 atom stereocenters. The predicted octanol–water partition coefficient (Wildman–Crippen LogP) is 3.55. The molecule has 1 amide bonds. The molecular formula is C23H24N6O4S3. The number of hydrogen-bond acceptors (Lipinski definition) is 9. The van der Waals surface area contributed by atoms with Crippen molar-refractivity contribution in [2.75, 3.05) is 15.8 Å². The number of rotatable bonds is 7. The van der Waals surface area contributed by atoms with Gasteiger partial charge in [0, 0.05) is 29.4 Å². The number of carbonyl (C=O) groups excluding carboxylic acids is 1. The normalized spacial score (nSPS) is 11.6. The standard InChI is InChI=1S/C23H24N6O4S3/c1-12-10-18(25-15(4)24-12)28-36(32,33)17-8-6-16(7-9-17)26-19(30)11-34-23-27-21-20(22(31)29(23)5)13(2)14(3)35-21/h6-10H,11H2,1-5H3,(H,26,30)(H,24,25,28). The summed E-state index contributed by atoms with van der Waals surface area (Å²) in [5.74, 6) is 0.361. The van der Waals surface area contributed by atoms with E-state index >= 15 is 0 Å². The second kappa shape index (κ2) is 9.99. The number of carbonyl (C=O) groups is 1. The van der Waals surface area contributed by atoms with Crippen molar-refractivity contribution in [2.45, 2.75) is 37.7 Å². The largest absolute Gasteiger partial charge is 0.325 e. The lowest BCUT2D eigenvalue weighted by atomic mass is 10.2. The van der Waals surface area contributed by atoms with Crippen molar-refractivity contribution >= 4 is 60.8 Å². The van der Waals surface area contributed by atoms with Gasteiger partial charge in [-0.3, -0.25) is 18.9 Å². The Kier molecular flexibility index (Phi) is 7.16. The fourth-order valence-corrected chi connectivity index (χ4v) is 6.33. The fraction of sp³-hybridized carbons (Fsp3) is 0.261. The Balaban J connectivity index is 1.41. The second-order valence-corrected chi connectivity index (χ2v) is 12.0. The maximum Gasteiger partial charge on any atom is 0.263 e. The van der Waals surface area contributed by atoms with Gasteiger partial charge in [-0.1, -0.05) is 11.8 Å². The molecule has 0 fully saturated rings. The summed E-state index contributed by atoms with van der Waals surface area (Å²) in [4.78, 5) is 39.7. The van der Waals surface area contributed by atoms with Crippen molar-refractivity contribution in [1.29, 1.82) is 0 Å². The molecule has 13 heteroatoms. The number of hydrogen-bond donors (Lipinski definition) is 2. The highest BCUT2D eigenvalue weighted by Crippen LogP contribution is 2.28. The van der Waals surface area contributed by atoms with E-state index in [1.54, 1.807) is 27.0 Å². The first-order chi connectivity index (χ1) is 16.9. The van der Waals surface area contributed by atoms with Crippen molar-refractivity contribution in [3.8, 4) is 0 Å². The second-order valence-electron chi connectivity index (χ2n) is 8.13. The third-order valence-corrected chi connectivity index (χ3v) is 8.86. The first kappa shape index (κ1) is 25.8. The van der Waals surface area contributed by atoms with E-state index in [-0.39, 0.29) is 27.9 Å². The molecule has 0 bridgehead atoms. The molecular weight excluding hydrogens is 520 g/mol. The number of aryl methyl sites for hydroxylation is 4. The molecule has 3 heterocycles. The van der Waals surface area contributed by atoms with Crippen LogP contribution in [0, 0.1) is 27.7 Å². The van der Waals surface area contributed by atoms with Crippen LogP contribution < -0.4 is 15.6 Å². The van der Waals surface area contributed by atoms with Crippen LogP contribution in [-0.4, -0.2) is 39.6 Å². The molecule has 36 heavy (non-hydrogen) atoms.